The van der Waals surface area contributed by atoms with Crippen LogP contribution in [0.3, 0.4) is 0 Å². The second-order valence-corrected chi connectivity index (χ2v) is 6.67. The Bertz CT molecular complexity index is 994. The highest BCUT2D eigenvalue weighted by molar-refractivity contribution is 5.67. The third-order valence-electron chi connectivity index (χ3n) is 4.63. The average Bonchev–Trinajstić information content (AvgIpc) is 3.20. The number of rotatable bonds is 8. The number of anilines is 1. The molecule has 0 unspecified atom stereocenters. The van der Waals surface area contributed by atoms with Crippen LogP contribution in [0, 0.1) is 0 Å². The summed E-state index contributed by atoms with van der Waals surface area (Å²) in [4.78, 5) is 6.02. The molecule has 1 aliphatic heterocycles. The van der Waals surface area contributed by atoms with Crippen LogP contribution in [0.1, 0.15) is 5.56 Å². The van der Waals surface area contributed by atoms with Crippen molar-refractivity contribution < 1.29 is 14.3 Å². The van der Waals surface area contributed by atoms with Gasteiger partial charge < -0.3 is 14.3 Å². The van der Waals surface area contributed by atoms with Crippen LogP contribution in [0.15, 0.2) is 92.0 Å². The summed E-state index contributed by atoms with van der Waals surface area (Å²) in [6.45, 7) is 9.02. The summed E-state index contributed by atoms with van der Waals surface area (Å²) in [6.07, 6.45) is 3.47. The van der Waals surface area contributed by atoms with Crippen LogP contribution in [0.2, 0.25) is 0 Å². The topological polar surface area (TPSA) is 30.9 Å². The summed E-state index contributed by atoms with van der Waals surface area (Å²) in [5.41, 5.74) is 4.43. The smallest absolute Gasteiger partial charge is 0.160 e. The van der Waals surface area contributed by atoms with E-state index in [9.17, 15) is 0 Å². The lowest BCUT2D eigenvalue weighted by molar-refractivity contribution is 0.308. The lowest BCUT2D eigenvalue weighted by Gasteiger charge is -2.16. The molecule has 0 amide bonds. The van der Waals surface area contributed by atoms with Gasteiger partial charge in [0.25, 0.3) is 0 Å². The van der Waals surface area contributed by atoms with Gasteiger partial charge in [-0.1, -0.05) is 43.5 Å². The summed E-state index contributed by atoms with van der Waals surface area (Å²) in [5, 5.41) is 1.89. The second-order valence-electron chi connectivity index (χ2n) is 6.67. The number of fused-ring (bicyclic) bond motifs is 1. The first-order valence-corrected chi connectivity index (χ1v) is 9.53. The molecule has 1 aliphatic rings. The van der Waals surface area contributed by atoms with Crippen molar-refractivity contribution in [3.8, 4) is 28.4 Å². The van der Waals surface area contributed by atoms with Gasteiger partial charge in [-0.2, -0.15) is 0 Å². The molecule has 146 valence electrons. The maximum absolute atomic E-state index is 6.02. The van der Waals surface area contributed by atoms with E-state index >= 15 is 0 Å². The highest BCUT2D eigenvalue weighted by Gasteiger charge is 2.22. The zero-order valence-corrected chi connectivity index (χ0v) is 16.2. The Morgan fingerprint density at radius 2 is 1.38 bits per heavy atom. The fourth-order valence-corrected chi connectivity index (χ4v) is 3.18. The summed E-state index contributed by atoms with van der Waals surface area (Å²) >= 11 is 0. The molecule has 4 nitrogen and oxygen atoms in total. The lowest BCUT2D eigenvalue weighted by Crippen LogP contribution is -2.19. The molecule has 0 fully saturated rings. The molecular formula is C25H23NO3. The van der Waals surface area contributed by atoms with E-state index in [1.807, 2.05) is 47.5 Å². The number of nitrogens with zero attached hydrogens (tertiary/aromatic N) is 1. The average molecular weight is 385 g/mol. The standard InChI is InChI=1S/C25H23NO3/c1-3-15-27-23-10-5-19(6-11-23)20-7-14-25-21(17-20)18-26(29-25)22-8-12-24(13-9-22)28-16-4-2/h3-14,17H,1-2,15-16,18H2. The molecule has 3 aromatic rings. The van der Waals surface area contributed by atoms with Crippen molar-refractivity contribution in [1.29, 1.82) is 0 Å². The minimum Gasteiger partial charge on any atom is -0.490 e. The zero-order valence-electron chi connectivity index (χ0n) is 16.2. The number of ether oxygens (including phenoxy) is 2. The normalized spacial score (nSPS) is 12.1. The Hall–Kier alpha value is -3.66. The van der Waals surface area contributed by atoms with Gasteiger partial charge in [0.05, 0.1) is 12.2 Å². The van der Waals surface area contributed by atoms with E-state index in [1.165, 1.54) is 0 Å². The van der Waals surface area contributed by atoms with Gasteiger partial charge in [0, 0.05) is 5.56 Å². The Morgan fingerprint density at radius 1 is 0.793 bits per heavy atom. The molecule has 0 aliphatic carbocycles. The maximum atomic E-state index is 6.02. The third-order valence-corrected chi connectivity index (χ3v) is 4.63. The molecule has 0 aromatic heterocycles. The molecule has 3 aromatic carbocycles. The molecule has 0 spiro atoms. The molecule has 0 saturated carbocycles. The van der Waals surface area contributed by atoms with Crippen molar-refractivity contribution in [1.82, 2.24) is 0 Å². The van der Waals surface area contributed by atoms with Gasteiger partial charge >= 0.3 is 0 Å². The van der Waals surface area contributed by atoms with Gasteiger partial charge in [0.2, 0.25) is 0 Å². The Labute approximate surface area is 171 Å². The number of benzene rings is 3. The first-order chi connectivity index (χ1) is 14.3. The monoisotopic (exact) mass is 385 g/mol. The highest BCUT2D eigenvalue weighted by atomic mass is 16.7. The predicted octanol–water partition coefficient (Wildman–Crippen LogP) is 5.80. The second kappa shape index (κ2) is 8.57. The van der Waals surface area contributed by atoms with E-state index in [-0.39, 0.29) is 0 Å². The van der Waals surface area contributed by atoms with Crippen LogP contribution in [0.25, 0.3) is 11.1 Å². The van der Waals surface area contributed by atoms with E-state index < -0.39 is 0 Å². The van der Waals surface area contributed by atoms with Crippen molar-refractivity contribution >= 4 is 5.69 Å². The first-order valence-electron chi connectivity index (χ1n) is 9.53. The largest absolute Gasteiger partial charge is 0.490 e. The van der Waals surface area contributed by atoms with E-state index in [2.05, 4.69) is 37.4 Å². The van der Waals surface area contributed by atoms with Crippen molar-refractivity contribution in [3.63, 3.8) is 0 Å². The van der Waals surface area contributed by atoms with E-state index in [4.69, 9.17) is 14.3 Å². The van der Waals surface area contributed by atoms with E-state index in [0.29, 0.717) is 19.8 Å². The summed E-state index contributed by atoms with van der Waals surface area (Å²) < 4.78 is 11.1. The van der Waals surface area contributed by atoms with Gasteiger partial charge in [-0.25, -0.2) is 5.06 Å². The SMILES string of the molecule is C=CCOc1ccc(-c2ccc3c(c2)CN(c2ccc(OCC=C)cc2)O3)cc1. The van der Waals surface area contributed by atoms with Crippen LogP contribution >= 0.6 is 0 Å². The van der Waals surface area contributed by atoms with Gasteiger partial charge in [0.15, 0.2) is 5.75 Å². The van der Waals surface area contributed by atoms with Gasteiger partial charge in [-0.15, -0.1) is 0 Å². The summed E-state index contributed by atoms with van der Waals surface area (Å²) in [5.74, 6) is 2.53. The molecule has 0 N–H and O–H groups in total. The molecule has 0 bridgehead atoms. The number of hydrogen-bond donors (Lipinski definition) is 0. The Kier molecular flexibility index (Phi) is 5.52. The lowest BCUT2D eigenvalue weighted by atomic mass is 10.0. The molecule has 0 radical (unpaired) electrons. The van der Waals surface area contributed by atoms with Crippen LogP contribution in [-0.2, 0) is 6.54 Å². The molecular weight excluding hydrogens is 362 g/mol. The quantitative estimate of drug-likeness (QED) is 0.459. The van der Waals surface area contributed by atoms with Crippen LogP contribution in [0.5, 0.6) is 17.2 Å². The molecule has 4 heteroatoms. The van der Waals surface area contributed by atoms with E-state index in [0.717, 1.165) is 39.6 Å². The molecule has 0 saturated heterocycles. The first kappa shape index (κ1) is 18.7. The van der Waals surface area contributed by atoms with Crippen molar-refractivity contribution in [2.45, 2.75) is 6.54 Å². The minimum atomic E-state index is 0.495. The summed E-state index contributed by atoms with van der Waals surface area (Å²) in [6, 6.07) is 22.2. The third kappa shape index (κ3) is 4.27. The molecule has 0 atom stereocenters. The fourth-order valence-electron chi connectivity index (χ4n) is 3.18. The molecule has 4 rings (SSSR count). The molecule has 29 heavy (non-hydrogen) atoms. The Balaban J connectivity index is 1.46. The van der Waals surface area contributed by atoms with Crippen LogP contribution < -0.4 is 19.4 Å². The highest BCUT2D eigenvalue weighted by Crippen LogP contribution is 2.35. The Morgan fingerprint density at radius 3 is 2.00 bits per heavy atom. The van der Waals surface area contributed by atoms with Gasteiger partial charge in [0.1, 0.15) is 24.7 Å². The summed E-state index contributed by atoms with van der Waals surface area (Å²) in [7, 11) is 0. The van der Waals surface area contributed by atoms with E-state index in [1.54, 1.807) is 12.2 Å². The number of hydroxylamine groups is 1. The minimum absolute atomic E-state index is 0.495. The maximum Gasteiger partial charge on any atom is 0.160 e. The van der Waals surface area contributed by atoms with Crippen molar-refractivity contribution in [2.24, 2.45) is 0 Å². The van der Waals surface area contributed by atoms with Gasteiger partial charge in [-0.3, -0.25) is 0 Å². The van der Waals surface area contributed by atoms with Crippen molar-refractivity contribution in [3.05, 3.63) is 97.6 Å². The van der Waals surface area contributed by atoms with Crippen LogP contribution in [0.4, 0.5) is 5.69 Å². The van der Waals surface area contributed by atoms with Gasteiger partial charge in [-0.05, 0) is 59.7 Å². The number of hydrogen-bond acceptors (Lipinski definition) is 4. The van der Waals surface area contributed by atoms with Crippen molar-refractivity contribution in [2.75, 3.05) is 18.3 Å². The fraction of sp³-hybridized carbons (Fsp3) is 0.120. The van der Waals surface area contributed by atoms with Crippen LogP contribution in [-0.4, -0.2) is 13.2 Å². The molecule has 1 heterocycles. The predicted molar refractivity (Wildman–Crippen MR) is 117 cm³/mol. The zero-order chi connectivity index (χ0) is 20.1.